The van der Waals surface area contributed by atoms with Crippen LogP contribution in [-0.4, -0.2) is 45.2 Å². The van der Waals surface area contributed by atoms with E-state index in [1.54, 1.807) is 6.92 Å². The highest BCUT2D eigenvalue weighted by atomic mass is 35.5. The molecule has 0 radical (unpaired) electrons. The fourth-order valence-electron chi connectivity index (χ4n) is 4.02. The zero-order valence-electron chi connectivity index (χ0n) is 20.2. The number of halogens is 8. The summed E-state index contributed by atoms with van der Waals surface area (Å²) in [6, 6.07) is 7.73. The number of rotatable bonds is 7. The Hall–Kier alpha value is -3.32. The SMILES string of the molecule is Cc1cc(C2=NOC(c3cc(Cl)cc(Cl)c3)(C(F)(F)F)C2)ccc1C(=O)Nc1nc(CC(F)C(F)F)n(C)n1. The van der Waals surface area contributed by atoms with E-state index in [1.807, 2.05) is 0 Å². The number of aryl methyl sites for hydroxylation is 2. The summed E-state index contributed by atoms with van der Waals surface area (Å²) in [5.74, 6) is -1.01. The monoisotopic (exact) mass is 593 g/mol. The van der Waals surface area contributed by atoms with Gasteiger partial charge in [-0.15, -0.1) is 5.10 Å². The Bertz CT molecular complexity index is 1420. The Labute approximate surface area is 227 Å². The van der Waals surface area contributed by atoms with E-state index in [0.717, 1.165) is 16.8 Å². The van der Waals surface area contributed by atoms with E-state index in [2.05, 4.69) is 20.6 Å². The Morgan fingerprint density at radius 1 is 1.15 bits per heavy atom. The predicted molar refractivity (Wildman–Crippen MR) is 131 cm³/mol. The highest BCUT2D eigenvalue weighted by Gasteiger charge is 2.62. The zero-order valence-corrected chi connectivity index (χ0v) is 21.7. The topological polar surface area (TPSA) is 81.4 Å². The number of amides is 1. The molecule has 208 valence electrons. The molecule has 0 fully saturated rings. The summed E-state index contributed by atoms with van der Waals surface area (Å²) in [4.78, 5) is 21.6. The third kappa shape index (κ3) is 5.83. The number of alkyl halides is 6. The van der Waals surface area contributed by atoms with E-state index in [-0.39, 0.29) is 44.2 Å². The number of carbonyl (C=O) groups is 1. The van der Waals surface area contributed by atoms with Crippen LogP contribution in [0.3, 0.4) is 0 Å². The minimum Gasteiger partial charge on any atom is -0.374 e. The summed E-state index contributed by atoms with van der Waals surface area (Å²) in [6.45, 7) is 1.55. The molecule has 2 atom stereocenters. The molecule has 1 N–H and O–H groups in total. The van der Waals surface area contributed by atoms with Gasteiger partial charge >= 0.3 is 6.18 Å². The molecule has 0 aliphatic carbocycles. The van der Waals surface area contributed by atoms with Gasteiger partial charge in [0.15, 0.2) is 6.17 Å². The highest BCUT2D eigenvalue weighted by Crippen LogP contribution is 2.49. The average molecular weight is 594 g/mol. The Balaban J connectivity index is 1.53. The van der Waals surface area contributed by atoms with E-state index in [4.69, 9.17) is 28.0 Å². The van der Waals surface area contributed by atoms with Gasteiger partial charge in [0.1, 0.15) is 5.82 Å². The van der Waals surface area contributed by atoms with E-state index >= 15 is 0 Å². The van der Waals surface area contributed by atoms with Crippen molar-refractivity contribution in [2.45, 2.75) is 44.1 Å². The molecular weight excluding hydrogens is 575 g/mol. The molecule has 1 amide bonds. The summed E-state index contributed by atoms with van der Waals surface area (Å²) in [5, 5.41) is 9.97. The quantitative estimate of drug-likeness (QED) is 0.321. The molecule has 0 spiro atoms. The number of carbonyl (C=O) groups excluding carboxylic acids is 1. The molecule has 39 heavy (non-hydrogen) atoms. The van der Waals surface area contributed by atoms with Crippen LogP contribution in [-0.2, 0) is 23.9 Å². The zero-order chi connectivity index (χ0) is 28.7. The molecule has 7 nitrogen and oxygen atoms in total. The van der Waals surface area contributed by atoms with E-state index in [9.17, 15) is 31.1 Å². The molecule has 2 aromatic carbocycles. The fraction of sp³-hybridized carbons (Fsp3) is 0.333. The maximum absolute atomic E-state index is 14.2. The third-order valence-corrected chi connectivity index (χ3v) is 6.49. The number of oxime groups is 1. The number of nitrogens with zero attached hydrogens (tertiary/aromatic N) is 4. The van der Waals surface area contributed by atoms with Gasteiger partial charge in [0.25, 0.3) is 17.9 Å². The van der Waals surface area contributed by atoms with Crippen LogP contribution in [0.15, 0.2) is 41.6 Å². The van der Waals surface area contributed by atoms with Gasteiger partial charge in [0, 0.05) is 41.1 Å². The van der Waals surface area contributed by atoms with Gasteiger partial charge in [-0.3, -0.25) is 14.8 Å². The lowest BCUT2D eigenvalue weighted by molar-refractivity contribution is -0.275. The van der Waals surface area contributed by atoms with E-state index < -0.39 is 43.1 Å². The second-order valence-electron chi connectivity index (χ2n) is 8.80. The van der Waals surface area contributed by atoms with Crippen LogP contribution in [0.25, 0.3) is 0 Å². The van der Waals surface area contributed by atoms with Crippen molar-refractivity contribution >= 4 is 40.8 Å². The van der Waals surface area contributed by atoms with Crippen LogP contribution in [0.1, 0.15) is 39.3 Å². The minimum atomic E-state index is -4.87. The van der Waals surface area contributed by atoms with Crippen LogP contribution < -0.4 is 5.32 Å². The molecule has 0 saturated carbocycles. The summed E-state index contributed by atoms with van der Waals surface area (Å²) in [5.41, 5.74) is -2.36. The fourth-order valence-corrected chi connectivity index (χ4v) is 4.55. The van der Waals surface area contributed by atoms with Crippen LogP contribution in [0, 0.1) is 6.92 Å². The second-order valence-corrected chi connectivity index (χ2v) is 9.68. The lowest BCUT2D eigenvalue weighted by Crippen LogP contribution is -2.42. The van der Waals surface area contributed by atoms with Gasteiger partial charge < -0.3 is 4.84 Å². The van der Waals surface area contributed by atoms with Gasteiger partial charge in [0.2, 0.25) is 5.95 Å². The third-order valence-electron chi connectivity index (χ3n) is 6.05. The average Bonchev–Trinajstić information content (AvgIpc) is 3.43. The highest BCUT2D eigenvalue weighted by molar-refractivity contribution is 6.34. The molecular formula is C24H19Cl2F6N5O2. The summed E-state index contributed by atoms with van der Waals surface area (Å²) in [7, 11) is 1.36. The summed E-state index contributed by atoms with van der Waals surface area (Å²) >= 11 is 11.8. The molecule has 1 aliphatic heterocycles. The Morgan fingerprint density at radius 3 is 2.41 bits per heavy atom. The first-order valence-electron chi connectivity index (χ1n) is 11.2. The Kier molecular flexibility index (Phi) is 7.86. The number of anilines is 1. The second kappa shape index (κ2) is 10.7. The smallest absolute Gasteiger partial charge is 0.374 e. The molecule has 2 unspecified atom stereocenters. The molecule has 1 aliphatic rings. The normalized spacial score (nSPS) is 18.2. The number of aromatic nitrogens is 3. The van der Waals surface area contributed by atoms with Crippen molar-refractivity contribution in [3.63, 3.8) is 0 Å². The van der Waals surface area contributed by atoms with Gasteiger partial charge in [-0.25, -0.2) is 13.2 Å². The first-order chi connectivity index (χ1) is 18.2. The van der Waals surface area contributed by atoms with Crippen molar-refractivity contribution in [1.29, 1.82) is 0 Å². The Morgan fingerprint density at radius 2 is 1.82 bits per heavy atom. The van der Waals surface area contributed by atoms with E-state index in [0.29, 0.717) is 5.56 Å². The maximum atomic E-state index is 14.2. The van der Waals surface area contributed by atoms with E-state index in [1.165, 1.54) is 31.3 Å². The molecule has 4 rings (SSSR count). The van der Waals surface area contributed by atoms with Gasteiger partial charge in [0.05, 0.1) is 5.71 Å². The lowest BCUT2D eigenvalue weighted by Gasteiger charge is -2.29. The molecule has 3 aromatic rings. The molecule has 2 heterocycles. The lowest BCUT2D eigenvalue weighted by atomic mass is 9.86. The van der Waals surface area contributed by atoms with Crippen molar-refractivity contribution in [2.24, 2.45) is 12.2 Å². The number of nitrogens with one attached hydrogen (secondary N) is 1. The van der Waals surface area contributed by atoms with Crippen molar-refractivity contribution in [3.8, 4) is 0 Å². The number of benzene rings is 2. The standard InChI is InChI=1S/C24H19Cl2F6N5O2/c1-11-5-12(18-10-23(39-36-18,24(30,31)32)13-6-14(25)8-15(26)7-13)3-4-16(11)21(38)34-22-33-19(37(2)35-22)9-17(27)20(28)29/h3-8,17,20H,9-10H2,1-2H3,(H,34,35,38). The summed E-state index contributed by atoms with van der Waals surface area (Å²) < 4.78 is 82.2. The van der Waals surface area contributed by atoms with Crippen molar-refractivity contribution in [1.82, 2.24) is 14.8 Å². The van der Waals surface area contributed by atoms with Crippen LogP contribution in [0.2, 0.25) is 10.0 Å². The molecule has 0 bridgehead atoms. The predicted octanol–water partition coefficient (Wildman–Crippen LogP) is 6.41. The van der Waals surface area contributed by atoms with Gasteiger partial charge in [-0.05, 0) is 48.4 Å². The van der Waals surface area contributed by atoms with Crippen LogP contribution in [0.5, 0.6) is 0 Å². The number of hydrogen-bond donors (Lipinski definition) is 1. The first kappa shape index (κ1) is 28.7. The van der Waals surface area contributed by atoms with Crippen molar-refractivity contribution < 1.29 is 36.0 Å². The molecule has 0 saturated heterocycles. The maximum Gasteiger partial charge on any atom is 0.435 e. The van der Waals surface area contributed by atoms with Crippen LogP contribution >= 0.6 is 23.2 Å². The minimum absolute atomic E-state index is 0.00238. The van der Waals surface area contributed by atoms with Crippen molar-refractivity contribution in [2.75, 3.05) is 5.32 Å². The number of hydrogen-bond acceptors (Lipinski definition) is 5. The van der Waals surface area contributed by atoms with Gasteiger partial charge in [-0.2, -0.15) is 18.2 Å². The van der Waals surface area contributed by atoms with Crippen LogP contribution in [0.4, 0.5) is 32.3 Å². The van der Waals surface area contributed by atoms with Crippen molar-refractivity contribution in [3.05, 3.63) is 74.5 Å². The molecule has 1 aromatic heterocycles. The molecule has 15 heteroatoms. The summed E-state index contributed by atoms with van der Waals surface area (Å²) in [6.07, 6.45) is -11.9. The largest absolute Gasteiger partial charge is 0.435 e. The van der Waals surface area contributed by atoms with Gasteiger partial charge in [-0.1, -0.05) is 34.4 Å². The first-order valence-corrected chi connectivity index (χ1v) is 12.0.